The number of pyridine rings is 2. The highest BCUT2D eigenvalue weighted by atomic mass is 19.4. The molecule has 3 aromatic heterocycles. The molecule has 0 saturated carbocycles. The average molecular weight is 444 g/mol. The maximum absolute atomic E-state index is 12.7. The summed E-state index contributed by atoms with van der Waals surface area (Å²) in [5.74, 6) is -0.245. The highest BCUT2D eigenvalue weighted by Gasteiger charge is 2.37. The summed E-state index contributed by atoms with van der Waals surface area (Å²) in [5, 5.41) is 8.38. The van der Waals surface area contributed by atoms with Crippen molar-refractivity contribution < 1.29 is 22.7 Å². The molecule has 4 rings (SSSR count). The number of likely N-dealkylation sites (tertiary alicyclic amines) is 1. The lowest BCUT2D eigenvalue weighted by Crippen LogP contribution is -2.28. The van der Waals surface area contributed by atoms with E-state index < -0.39 is 18.0 Å². The molecule has 1 saturated heterocycles. The minimum absolute atomic E-state index is 0.0343. The molecule has 1 amide bonds. The van der Waals surface area contributed by atoms with Gasteiger partial charge in [0.25, 0.3) is 0 Å². The van der Waals surface area contributed by atoms with Gasteiger partial charge in [0.1, 0.15) is 11.4 Å². The fourth-order valence-corrected chi connectivity index (χ4v) is 3.45. The number of alkyl halides is 3. The van der Waals surface area contributed by atoms with Crippen LogP contribution >= 0.6 is 0 Å². The normalized spacial score (nSPS) is 18.7. The van der Waals surface area contributed by atoms with E-state index in [-0.39, 0.29) is 25.1 Å². The van der Waals surface area contributed by atoms with Crippen LogP contribution in [0.4, 0.5) is 13.2 Å². The predicted molar refractivity (Wildman–Crippen MR) is 107 cm³/mol. The van der Waals surface area contributed by atoms with E-state index in [9.17, 15) is 18.0 Å². The maximum atomic E-state index is 12.7. The summed E-state index contributed by atoms with van der Waals surface area (Å²) in [6.45, 7) is 4.17. The number of ether oxygens (including phenoxy) is 1. The van der Waals surface area contributed by atoms with E-state index in [1.165, 1.54) is 12.1 Å². The minimum Gasteiger partial charge on any atom is -0.369 e. The van der Waals surface area contributed by atoms with Gasteiger partial charge < -0.3 is 9.64 Å². The molecule has 1 aliphatic heterocycles. The van der Waals surface area contributed by atoms with E-state index >= 15 is 0 Å². The number of carbonyl (C=O) groups excluding carboxylic acids is 1. The molecule has 0 unspecified atom stereocenters. The Hall–Kier alpha value is -3.60. The third kappa shape index (κ3) is 4.67. The van der Waals surface area contributed by atoms with Crippen molar-refractivity contribution in [3.05, 3.63) is 73.0 Å². The van der Waals surface area contributed by atoms with Crippen molar-refractivity contribution in [3.63, 3.8) is 0 Å². The standard InChI is InChI=1S/C21H19F3N6O2/c1-2-20(31)29-11-17(30-10-16(27-28-30)15-4-3-7-25-9-15)18(12-29)32-13-14-5-6-19(26-8-14)21(22,23)24/h2-10,17-18H,1,11-13H2/t17-,18-/m1/s1. The van der Waals surface area contributed by atoms with Gasteiger partial charge in [-0.3, -0.25) is 14.8 Å². The van der Waals surface area contributed by atoms with Gasteiger partial charge in [-0.1, -0.05) is 17.9 Å². The summed E-state index contributed by atoms with van der Waals surface area (Å²) in [5.41, 5.74) is 0.939. The highest BCUT2D eigenvalue weighted by Crippen LogP contribution is 2.29. The molecule has 0 radical (unpaired) electrons. The highest BCUT2D eigenvalue weighted by molar-refractivity contribution is 5.87. The van der Waals surface area contributed by atoms with Gasteiger partial charge >= 0.3 is 6.18 Å². The molecule has 2 atom stereocenters. The van der Waals surface area contributed by atoms with Gasteiger partial charge in [-0.05, 0) is 29.8 Å². The molecule has 0 spiro atoms. The molecule has 1 fully saturated rings. The topological polar surface area (TPSA) is 86.0 Å². The van der Waals surface area contributed by atoms with Crippen molar-refractivity contribution >= 4 is 5.91 Å². The molecule has 11 heteroatoms. The molecule has 4 heterocycles. The van der Waals surface area contributed by atoms with E-state index in [0.29, 0.717) is 17.8 Å². The van der Waals surface area contributed by atoms with Gasteiger partial charge in [0, 0.05) is 37.2 Å². The summed E-state index contributed by atoms with van der Waals surface area (Å²) in [7, 11) is 0. The van der Waals surface area contributed by atoms with Crippen LogP contribution in [0.15, 0.2) is 61.7 Å². The Kier molecular flexibility index (Phi) is 5.99. The van der Waals surface area contributed by atoms with Crippen molar-refractivity contribution in [3.8, 4) is 11.3 Å². The molecule has 1 aliphatic rings. The third-order valence-electron chi connectivity index (χ3n) is 5.11. The van der Waals surface area contributed by atoms with Gasteiger partial charge in [-0.2, -0.15) is 13.2 Å². The number of hydrogen-bond donors (Lipinski definition) is 0. The fraction of sp³-hybridized carbons (Fsp3) is 0.286. The van der Waals surface area contributed by atoms with E-state index in [4.69, 9.17) is 4.74 Å². The summed E-state index contributed by atoms with van der Waals surface area (Å²) in [6.07, 6.45) is 2.48. The molecular weight excluding hydrogens is 425 g/mol. The average Bonchev–Trinajstić information content (AvgIpc) is 3.45. The number of rotatable bonds is 6. The zero-order valence-electron chi connectivity index (χ0n) is 16.8. The maximum Gasteiger partial charge on any atom is 0.433 e. The van der Waals surface area contributed by atoms with Crippen LogP contribution in [0.1, 0.15) is 17.3 Å². The van der Waals surface area contributed by atoms with Crippen LogP contribution in [0, 0.1) is 0 Å². The molecule has 0 N–H and O–H groups in total. The molecule has 32 heavy (non-hydrogen) atoms. The molecule has 0 aliphatic carbocycles. The first-order chi connectivity index (χ1) is 15.3. The summed E-state index contributed by atoms with van der Waals surface area (Å²) in [6, 6.07) is 5.55. The predicted octanol–water partition coefficient (Wildman–Crippen LogP) is 2.91. The first-order valence-corrected chi connectivity index (χ1v) is 9.72. The van der Waals surface area contributed by atoms with Crippen LogP contribution in [0.25, 0.3) is 11.3 Å². The zero-order valence-corrected chi connectivity index (χ0v) is 16.8. The van der Waals surface area contributed by atoms with Crippen LogP contribution in [0.2, 0.25) is 0 Å². The van der Waals surface area contributed by atoms with Gasteiger partial charge in [-0.25, -0.2) is 4.68 Å². The number of aromatic nitrogens is 5. The Morgan fingerprint density at radius 1 is 1.25 bits per heavy atom. The Morgan fingerprint density at radius 2 is 2.09 bits per heavy atom. The Balaban J connectivity index is 1.50. The number of nitrogens with zero attached hydrogens (tertiary/aromatic N) is 6. The first kappa shape index (κ1) is 21.6. The first-order valence-electron chi connectivity index (χ1n) is 9.72. The molecule has 166 valence electrons. The minimum atomic E-state index is -4.50. The number of carbonyl (C=O) groups is 1. The summed E-state index contributed by atoms with van der Waals surface area (Å²) < 4.78 is 45.7. The smallest absolute Gasteiger partial charge is 0.369 e. The Labute approximate surface area is 181 Å². The van der Waals surface area contributed by atoms with Crippen molar-refractivity contribution in [1.82, 2.24) is 29.9 Å². The fourth-order valence-electron chi connectivity index (χ4n) is 3.45. The number of amides is 1. The van der Waals surface area contributed by atoms with Crippen LogP contribution in [-0.4, -0.2) is 55.0 Å². The number of halogens is 3. The van der Waals surface area contributed by atoms with Crippen LogP contribution < -0.4 is 0 Å². The molecular formula is C21H19F3N6O2. The Morgan fingerprint density at radius 3 is 2.75 bits per heavy atom. The van der Waals surface area contributed by atoms with Crippen LogP contribution in [-0.2, 0) is 22.3 Å². The lowest BCUT2D eigenvalue weighted by Gasteiger charge is -2.18. The summed E-state index contributed by atoms with van der Waals surface area (Å²) in [4.78, 5) is 21.3. The third-order valence-corrected chi connectivity index (χ3v) is 5.11. The van der Waals surface area contributed by atoms with E-state index in [1.54, 1.807) is 34.2 Å². The van der Waals surface area contributed by atoms with Crippen LogP contribution in [0.5, 0.6) is 0 Å². The Bertz CT molecular complexity index is 1080. The van der Waals surface area contributed by atoms with E-state index in [1.807, 2.05) is 6.07 Å². The monoisotopic (exact) mass is 444 g/mol. The van der Waals surface area contributed by atoms with Crippen LogP contribution in [0.3, 0.4) is 0 Å². The molecule has 3 aromatic rings. The van der Waals surface area contributed by atoms with Crippen molar-refractivity contribution in [2.75, 3.05) is 13.1 Å². The van der Waals surface area contributed by atoms with E-state index in [2.05, 4.69) is 26.9 Å². The lowest BCUT2D eigenvalue weighted by atomic mass is 10.2. The van der Waals surface area contributed by atoms with Crippen molar-refractivity contribution in [1.29, 1.82) is 0 Å². The molecule has 8 nitrogen and oxygen atoms in total. The summed E-state index contributed by atoms with van der Waals surface area (Å²) >= 11 is 0. The van der Waals surface area contributed by atoms with Gasteiger partial charge in [0.2, 0.25) is 5.91 Å². The largest absolute Gasteiger partial charge is 0.433 e. The van der Waals surface area contributed by atoms with Gasteiger partial charge in [0.15, 0.2) is 0 Å². The second-order valence-corrected chi connectivity index (χ2v) is 7.24. The molecule has 0 bridgehead atoms. The van der Waals surface area contributed by atoms with Gasteiger partial charge in [0.05, 0.1) is 24.9 Å². The lowest BCUT2D eigenvalue weighted by molar-refractivity contribution is -0.141. The number of hydrogen-bond acceptors (Lipinski definition) is 6. The van der Waals surface area contributed by atoms with Crippen molar-refractivity contribution in [2.24, 2.45) is 0 Å². The van der Waals surface area contributed by atoms with Gasteiger partial charge in [-0.15, -0.1) is 5.10 Å². The SMILES string of the molecule is C=CC(=O)N1C[C@@H](n2cc(-c3cccnc3)nn2)[C@H](OCc2ccc(C(F)(F)F)nc2)C1. The van der Waals surface area contributed by atoms with E-state index in [0.717, 1.165) is 17.8 Å². The van der Waals surface area contributed by atoms with Crippen molar-refractivity contribution in [2.45, 2.75) is 24.9 Å². The second-order valence-electron chi connectivity index (χ2n) is 7.24. The zero-order chi connectivity index (χ0) is 22.7. The quantitative estimate of drug-likeness (QED) is 0.544. The second kappa shape index (κ2) is 8.87. The molecule has 0 aromatic carbocycles.